The van der Waals surface area contributed by atoms with Crippen LogP contribution in [0.4, 0.5) is 0 Å². The predicted octanol–water partition coefficient (Wildman–Crippen LogP) is 1.28. The van der Waals surface area contributed by atoms with Crippen LogP contribution in [0.5, 0.6) is 0 Å². The van der Waals surface area contributed by atoms with Crippen molar-refractivity contribution in [2.75, 3.05) is 0 Å². The van der Waals surface area contributed by atoms with E-state index >= 15 is 0 Å². The van der Waals surface area contributed by atoms with E-state index in [-0.39, 0.29) is 5.92 Å². The van der Waals surface area contributed by atoms with Gasteiger partial charge in [-0.1, -0.05) is 18.8 Å². The van der Waals surface area contributed by atoms with Crippen LogP contribution in [0.2, 0.25) is 0 Å². The first-order valence-electron chi connectivity index (χ1n) is 2.27. The summed E-state index contributed by atoms with van der Waals surface area (Å²) in [6.45, 7) is 1.98. The molecule has 0 aromatic carbocycles. The van der Waals surface area contributed by atoms with Crippen LogP contribution < -0.4 is 0 Å². The van der Waals surface area contributed by atoms with Crippen LogP contribution >= 0.6 is 0 Å². The van der Waals surface area contributed by atoms with Crippen LogP contribution in [0.15, 0.2) is 0 Å². The molecule has 0 bridgehead atoms. The lowest BCUT2D eigenvalue weighted by Crippen LogP contribution is -1.86. The second-order valence-electron chi connectivity index (χ2n) is 1.29. The van der Waals surface area contributed by atoms with Crippen molar-refractivity contribution in [2.24, 2.45) is 5.92 Å². The molecule has 0 aliphatic carbocycles. The minimum absolute atomic E-state index is 0.0417. The number of terminal acetylenes is 2. The van der Waals surface area contributed by atoms with Crippen LogP contribution in [0.1, 0.15) is 13.3 Å². The molecule has 0 aliphatic rings. The maximum atomic E-state index is 5.00. The summed E-state index contributed by atoms with van der Waals surface area (Å²) in [7, 11) is 0. The molecule has 0 saturated carbocycles. The molecule has 7 heavy (non-hydrogen) atoms. The summed E-state index contributed by atoms with van der Waals surface area (Å²) in [6.07, 6.45) is 10.9. The molecule has 0 radical (unpaired) electrons. The first kappa shape index (κ1) is 6.12. The second kappa shape index (κ2) is 3.32. The smallest absolute Gasteiger partial charge is 0.0803 e. The van der Waals surface area contributed by atoms with E-state index in [1.165, 1.54) is 0 Å². The van der Waals surface area contributed by atoms with E-state index in [2.05, 4.69) is 11.8 Å². The van der Waals surface area contributed by atoms with E-state index in [1.54, 1.807) is 0 Å². The minimum Gasteiger partial charge on any atom is -0.119 e. The Morgan fingerprint density at radius 2 is 1.86 bits per heavy atom. The lowest BCUT2D eigenvalue weighted by Gasteiger charge is -1.90. The fraction of sp³-hybridized carbons (Fsp3) is 0.429. The van der Waals surface area contributed by atoms with Crippen LogP contribution in [-0.2, 0) is 0 Å². The Kier molecular flexibility index (Phi) is 2.90. The minimum atomic E-state index is 0.0417. The van der Waals surface area contributed by atoms with Crippen molar-refractivity contribution in [2.45, 2.75) is 13.3 Å². The zero-order valence-corrected chi connectivity index (χ0v) is 4.44. The summed E-state index contributed by atoms with van der Waals surface area (Å²) in [5, 5.41) is 0. The fourth-order valence-corrected chi connectivity index (χ4v) is 0.284. The molecule has 0 heterocycles. The van der Waals surface area contributed by atoms with Gasteiger partial charge in [0.05, 0.1) is 5.92 Å². The van der Waals surface area contributed by atoms with Crippen molar-refractivity contribution in [3.63, 3.8) is 0 Å². The van der Waals surface area contributed by atoms with Crippen molar-refractivity contribution in [3.8, 4) is 24.7 Å². The van der Waals surface area contributed by atoms with Gasteiger partial charge in [0.15, 0.2) is 0 Å². The summed E-state index contributed by atoms with van der Waals surface area (Å²) >= 11 is 0. The Bertz CT molecular complexity index is 95.0. The van der Waals surface area contributed by atoms with Gasteiger partial charge in [-0.25, -0.2) is 0 Å². The fourth-order valence-electron chi connectivity index (χ4n) is 0.284. The normalized spacial score (nSPS) is 7.43. The summed E-state index contributed by atoms with van der Waals surface area (Å²) < 4.78 is 0. The van der Waals surface area contributed by atoms with E-state index in [0.717, 1.165) is 6.42 Å². The van der Waals surface area contributed by atoms with Crippen molar-refractivity contribution in [1.82, 2.24) is 0 Å². The molecule has 0 amide bonds. The van der Waals surface area contributed by atoms with Crippen molar-refractivity contribution >= 4 is 0 Å². The van der Waals surface area contributed by atoms with Gasteiger partial charge in [-0.3, -0.25) is 0 Å². The molecule has 0 aromatic rings. The third kappa shape index (κ3) is 1.90. The van der Waals surface area contributed by atoms with Gasteiger partial charge >= 0.3 is 0 Å². The SMILES string of the molecule is C#CC(C#C)CC. The van der Waals surface area contributed by atoms with Crippen LogP contribution in [0.25, 0.3) is 0 Å². The Morgan fingerprint density at radius 3 is 1.86 bits per heavy atom. The van der Waals surface area contributed by atoms with E-state index in [4.69, 9.17) is 12.8 Å². The topological polar surface area (TPSA) is 0 Å². The molecule has 0 fully saturated rings. The molecule has 36 valence electrons. The second-order valence-corrected chi connectivity index (χ2v) is 1.29. The first-order chi connectivity index (χ1) is 3.35. The molecule has 0 aliphatic heterocycles. The molecule has 0 spiro atoms. The van der Waals surface area contributed by atoms with Crippen LogP contribution in [0, 0.1) is 30.6 Å². The highest BCUT2D eigenvalue weighted by atomic mass is 13.9. The summed E-state index contributed by atoms with van der Waals surface area (Å²) in [5.74, 6) is 4.97. The maximum absolute atomic E-state index is 5.00. The van der Waals surface area contributed by atoms with Gasteiger partial charge in [-0.2, -0.15) is 0 Å². The van der Waals surface area contributed by atoms with Crippen LogP contribution in [0.3, 0.4) is 0 Å². The van der Waals surface area contributed by atoms with Crippen molar-refractivity contribution < 1.29 is 0 Å². The monoisotopic (exact) mass is 92.1 g/mol. The number of hydrogen-bond acceptors (Lipinski definition) is 0. The zero-order valence-electron chi connectivity index (χ0n) is 4.44. The molecular formula is C7H8. The van der Waals surface area contributed by atoms with Gasteiger partial charge in [-0.15, -0.1) is 12.8 Å². The number of hydrogen-bond donors (Lipinski definition) is 0. The van der Waals surface area contributed by atoms with Crippen molar-refractivity contribution in [1.29, 1.82) is 0 Å². The average molecular weight is 92.1 g/mol. The molecule has 0 heteroatoms. The summed E-state index contributed by atoms with van der Waals surface area (Å²) in [4.78, 5) is 0. The standard InChI is InChI=1S/C7H8/c1-4-7(5-2)6-3/h1-2,7H,6H2,3H3. The summed E-state index contributed by atoms with van der Waals surface area (Å²) in [5.41, 5.74) is 0. The largest absolute Gasteiger partial charge is 0.119 e. The molecule has 0 atom stereocenters. The molecule has 0 aromatic heterocycles. The first-order valence-corrected chi connectivity index (χ1v) is 2.27. The highest BCUT2D eigenvalue weighted by Gasteiger charge is 1.89. The Labute approximate surface area is 44.9 Å². The van der Waals surface area contributed by atoms with Gasteiger partial charge in [0.1, 0.15) is 0 Å². The molecule has 0 saturated heterocycles. The highest BCUT2D eigenvalue weighted by Crippen LogP contribution is 1.94. The Balaban J connectivity index is 3.50. The highest BCUT2D eigenvalue weighted by molar-refractivity contribution is 5.08. The van der Waals surface area contributed by atoms with E-state index in [1.807, 2.05) is 6.92 Å². The Hall–Kier alpha value is -0.880. The van der Waals surface area contributed by atoms with E-state index in [0.29, 0.717) is 0 Å². The Morgan fingerprint density at radius 1 is 1.43 bits per heavy atom. The van der Waals surface area contributed by atoms with Gasteiger partial charge in [0, 0.05) is 0 Å². The van der Waals surface area contributed by atoms with E-state index < -0.39 is 0 Å². The van der Waals surface area contributed by atoms with Crippen LogP contribution in [-0.4, -0.2) is 0 Å². The predicted molar refractivity (Wildman–Crippen MR) is 31.4 cm³/mol. The molecule has 0 nitrogen and oxygen atoms in total. The lowest BCUT2D eigenvalue weighted by molar-refractivity contribution is 0.829. The molecule has 0 rings (SSSR count). The molecular weight excluding hydrogens is 84.1 g/mol. The average Bonchev–Trinajstić information content (AvgIpc) is 1.72. The van der Waals surface area contributed by atoms with Gasteiger partial charge in [0.25, 0.3) is 0 Å². The third-order valence-corrected chi connectivity index (χ3v) is 0.811. The molecule has 0 unspecified atom stereocenters. The van der Waals surface area contributed by atoms with Gasteiger partial charge in [-0.05, 0) is 6.42 Å². The van der Waals surface area contributed by atoms with Gasteiger partial charge in [0.2, 0.25) is 0 Å². The lowest BCUT2D eigenvalue weighted by atomic mass is 10.1. The quantitative estimate of drug-likeness (QED) is 0.427. The number of rotatable bonds is 1. The van der Waals surface area contributed by atoms with E-state index in [9.17, 15) is 0 Å². The molecule has 0 N–H and O–H groups in total. The maximum Gasteiger partial charge on any atom is 0.0803 e. The zero-order chi connectivity index (χ0) is 5.70. The van der Waals surface area contributed by atoms with Gasteiger partial charge < -0.3 is 0 Å². The van der Waals surface area contributed by atoms with Crippen molar-refractivity contribution in [3.05, 3.63) is 0 Å². The summed E-state index contributed by atoms with van der Waals surface area (Å²) in [6, 6.07) is 0. The third-order valence-electron chi connectivity index (χ3n) is 0.811.